The van der Waals surface area contributed by atoms with Crippen molar-refractivity contribution in [2.45, 2.75) is 27.0 Å². The Morgan fingerprint density at radius 1 is 1.28 bits per heavy atom. The summed E-state index contributed by atoms with van der Waals surface area (Å²) in [4.78, 5) is 22.7. The zero-order valence-electron chi connectivity index (χ0n) is 15.8. The number of carbonyl (C=O) groups excluding carboxylic acids is 1. The first-order valence-electron chi connectivity index (χ1n) is 8.74. The molecule has 1 heterocycles. The fourth-order valence-corrected chi connectivity index (χ4v) is 2.70. The normalized spacial score (nSPS) is 10.6. The molecule has 1 aromatic heterocycles. The van der Waals surface area contributed by atoms with Crippen molar-refractivity contribution in [2.24, 2.45) is 0 Å². The number of carbonyl (C=O) groups is 1. The van der Waals surface area contributed by atoms with Crippen LogP contribution in [0.1, 0.15) is 32.9 Å². The van der Waals surface area contributed by atoms with E-state index in [1.165, 1.54) is 18.2 Å². The summed E-state index contributed by atoms with van der Waals surface area (Å²) in [5.74, 6) is 0.634. The second kappa shape index (κ2) is 8.42. The van der Waals surface area contributed by atoms with E-state index in [4.69, 9.17) is 9.26 Å². The molecular weight excluding hydrogens is 378 g/mol. The lowest BCUT2D eigenvalue weighted by Crippen LogP contribution is -2.22. The quantitative estimate of drug-likeness (QED) is 0.462. The van der Waals surface area contributed by atoms with Crippen molar-refractivity contribution in [3.8, 4) is 11.5 Å². The van der Waals surface area contributed by atoms with Crippen LogP contribution in [0.3, 0.4) is 0 Å². The molecule has 0 radical (unpaired) electrons. The second-order valence-electron chi connectivity index (χ2n) is 6.37. The summed E-state index contributed by atoms with van der Waals surface area (Å²) in [6.07, 6.45) is 0. The van der Waals surface area contributed by atoms with Gasteiger partial charge < -0.3 is 19.7 Å². The summed E-state index contributed by atoms with van der Waals surface area (Å²) in [7, 11) is 0. The van der Waals surface area contributed by atoms with E-state index in [9.17, 15) is 20.0 Å². The fraction of sp³-hybridized carbons (Fsp3) is 0.200. The highest BCUT2D eigenvalue weighted by Gasteiger charge is 2.13. The maximum atomic E-state index is 12.4. The van der Waals surface area contributed by atoms with Crippen LogP contribution in [0.15, 0.2) is 47.0 Å². The summed E-state index contributed by atoms with van der Waals surface area (Å²) >= 11 is 0. The topological polar surface area (TPSA) is 128 Å². The van der Waals surface area contributed by atoms with E-state index in [0.29, 0.717) is 17.1 Å². The van der Waals surface area contributed by atoms with Gasteiger partial charge in [-0.25, -0.2) is 0 Å². The van der Waals surface area contributed by atoms with Crippen LogP contribution in [0.5, 0.6) is 11.5 Å². The van der Waals surface area contributed by atoms with Gasteiger partial charge in [0.2, 0.25) is 0 Å². The Kier molecular flexibility index (Phi) is 5.77. The molecule has 0 saturated heterocycles. The van der Waals surface area contributed by atoms with Gasteiger partial charge in [-0.05, 0) is 38.1 Å². The van der Waals surface area contributed by atoms with Crippen molar-refractivity contribution in [3.63, 3.8) is 0 Å². The van der Waals surface area contributed by atoms with Crippen LogP contribution < -0.4 is 10.1 Å². The number of phenols is 1. The first-order chi connectivity index (χ1) is 13.8. The maximum absolute atomic E-state index is 12.4. The number of hydrogen-bond acceptors (Lipinski definition) is 7. The molecule has 3 aromatic rings. The van der Waals surface area contributed by atoms with Gasteiger partial charge in [-0.1, -0.05) is 11.2 Å². The molecule has 0 unspecified atom stereocenters. The Balaban J connectivity index is 1.65. The summed E-state index contributed by atoms with van der Waals surface area (Å²) in [6, 6.07) is 10.2. The zero-order valence-corrected chi connectivity index (χ0v) is 15.8. The largest absolute Gasteiger partial charge is 0.508 e. The van der Waals surface area contributed by atoms with Gasteiger partial charge in [-0.3, -0.25) is 14.9 Å². The van der Waals surface area contributed by atoms with Gasteiger partial charge in [0.25, 0.3) is 11.6 Å². The van der Waals surface area contributed by atoms with E-state index in [1.807, 2.05) is 6.92 Å². The molecule has 150 valence electrons. The van der Waals surface area contributed by atoms with Gasteiger partial charge in [0.15, 0.2) is 0 Å². The lowest BCUT2D eigenvalue weighted by Gasteiger charge is -2.09. The van der Waals surface area contributed by atoms with Gasteiger partial charge in [0.05, 0.1) is 16.2 Å². The number of nitro benzene ring substituents is 1. The minimum absolute atomic E-state index is 0.0590. The Morgan fingerprint density at radius 2 is 2.07 bits per heavy atom. The maximum Gasteiger partial charge on any atom is 0.270 e. The monoisotopic (exact) mass is 397 g/mol. The predicted molar refractivity (Wildman–Crippen MR) is 103 cm³/mol. The van der Waals surface area contributed by atoms with Gasteiger partial charge >= 0.3 is 0 Å². The van der Waals surface area contributed by atoms with Crippen molar-refractivity contribution in [3.05, 3.63) is 80.7 Å². The second-order valence-corrected chi connectivity index (χ2v) is 6.37. The highest BCUT2D eigenvalue weighted by Crippen LogP contribution is 2.23. The van der Waals surface area contributed by atoms with Crippen LogP contribution in [0.25, 0.3) is 0 Å². The molecule has 0 aliphatic rings. The molecule has 9 nitrogen and oxygen atoms in total. The van der Waals surface area contributed by atoms with Crippen LogP contribution in [0.4, 0.5) is 5.69 Å². The minimum Gasteiger partial charge on any atom is -0.508 e. The molecule has 2 N–H and O–H groups in total. The van der Waals surface area contributed by atoms with E-state index in [2.05, 4.69) is 10.5 Å². The molecule has 3 rings (SSSR count). The first-order valence-corrected chi connectivity index (χ1v) is 8.74. The van der Waals surface area contributed by atoms with Crippen LogP contribution in [0, 0.1) is 24.0 Å². The number of nitrogens with zero attached hydrogens (tertiary/aromatic N) is 2. The zero-order chi connectivity index (χ0) is 21.0. The van der Waals surface area contributed by atoms with Gasteiger partial charge in [-0.2, -0.15) is 0 Å². The number of phenolic OH excluding ortho intramolecular Hbond substituents is 1. The third kappa shape index (κ3) is 4.70. The summed E-state index contributed by atoms with van der Waals surface area (Å²) in [5, 5.41) is 27.2. The number of rotatable bonds is 7. The molecule has 9 heteroatoms. The third-order valence-corrected chi connectivity index (χ3v) is 4.37. The highest BCUT2D eigenvalue weighted by molar-refractivity contribution is 5.94. The summed E-state index contributed by atoms with van der Waals surface area (Å²) in [5.41, 5.74) is 2.03. The highest BCUT2D eigenvalue weighted by atomic mass is 16.6. The molecule has 1 amide bonds. The Labute approximate surface area is 166 Å². The number of benzene rings is 2. The van der Waals surface area contributed by atoms with E-state index in [1.54, 1.807) is 31.2 Å². The van der Waals surface area contributed by atoms with Crippen molar-refractivity contribution < 1.29 is 24.1 Å². The fourth-order valence-electron chi connectivity index (χ4n) is 2.70. The number of amides is 1. The van der Waals surface area contributed by atoms with Crippen LogP contribution in [-0.2, 0) is 13.2 Å². The molecular formula is C20H19N3O6. The Morgan fingerprint density at radius 3 is 2.76 bits per heavy atom. The molecule has 0 aliphatic heterocycles. The molecule has 2 aromatic carbocycles. The van der Waals surface area contributed by atoms with Crippen LogP contribution in [0.2, 0.25) is 0 Å². The first kappa shape index (κ1) is 19.9. The van der Waals surface area contributed by atoms with E-state index < -0.39 is 10.8 Å². The molecule has 29 heavy (non-hydrogen) atoms. The molecule has 0 aliphatic carbocycles. The smallest absolute Gasteiger partial charge is 0.270 e. The van der Waals surface area contributed by atoms with Crippen molar-refractivity contribution >= 4 is 11.6 Å². The van der Waals surface area contributed by atoms with Crippen LogP contribution >= 0.6 is 0 Å². The third-order valence-electron chi connectivity index (χ3n) is 4.37. The van der Waals surface area contributed by atoms with E-state index >= 15 is 0 Å². The predicted octanol–water partition coefficient (Wildman–Crippen LogP) is 3.41. The molecule has 0 spiro atoms. The Bertz CT molecular complexity index is 1040. The average molecular weight is 397 g/mol. The van der Waals surface area contributed by atoms with Crippen molar-refractivity contribution in [1.29, 1.82) is 0 Å². The molecule has 0 bridgehead atoms. The lowest BCUT2D eigenvalue weighted by atomic mass is 10.1. The lowest BCUT2D eigenvalue weighted by molar-refractivity contribution is -0.384. The number of hydrogen-bond donors (Lipinski definition) is 2. The van der Waals surface area contributed by atoms with E-state index in [0.717, 1.165) is 11.3 Å². The Hall–Kier alpha value is -3.88. The summed E-state index contributed by atoms with van der Waals surface area (Å²) in [6.45, 7) is 3.82. The number of ether oxygens (including phenoxy) is 1. The number of aromatic nitrogens is 1. The average Bonchev–Trinajstić information content (AvgIpc) is 3.03. The number of aryl methyl sites for hydroxylation is 2. The molecule has 0 atom stereocenters. The van der Waals surface area contributed by atoms with Crippen LogP contribution in [-0.4, -0.2) is 21.1 Å². The molecule has 0 saturated carbocycles. The number of aromatic hydroxyl groups is 1. The summed E-state index contributed by atoms with van der Waals surface area (Å²) < 4.78 is 10.8. The van der Waals surface area contributed by atoms with Crippen molar-refractivity contribution in [2.75, 3.05) is 0 Å². The number of nitro groups is 1. The van der Waals surface area contributed by atoms with Gasteiger partial charge in [0, 0.05) is 29.8 Å². The molecule has 0 fully saturated rings. The van der Waals surface area contributed by atoms with Crippen molar-refractivity contribution in [1.82, 2.24) is 10.5 Å². The standard InChI is InChI=1S/C20H19N3O6/c1-12-18(13(2)29-22-12)11-28-17-5-3-4-14(9-17)20(25)21-10-15-8-16(23(26)27)6-7-19(15)24/h3-9,24H,10-11H2,1-2H3,(H,21,25). The van der Waals surface area contributed by atoms with E-state index in [-0.39, 0.29) is 30.2 Å². The minimum atomic E-state index is -0.565. The van der Waals surface area contributed by atoms with Gasteiger partial charge in [-0.15, -0.1) is 0 Å². The number of nitrogens with one attached hydrogen (secondary N) is 1. The number of non-ortho nitro benzene ring substituents is 1. The SMILES string of the molecule is Cc1noc(C)c1COc1cccc(C(=O)NCc2cc([N+](=O)[O-])ccc2O)c1. The van der Waals surface area contributed by atoms with Gasteiger partial charge in [0.1, 0.15) is 23.9 Å².